The standard InChI is InChI=1S/C32H34FN8O3.C4H6/c1-4-36-40-14-11-23(12-15-40)44-24-7-8-26(25(33)18-24)37-32-30-27(34-21-35-32)9-10-28-31(30)43-20-22-19-39(16-17-41(22)28)29(42)6-5-13-38(2)3;1-3-4-2/h4-12,14,18,21H,13,15-17,19-20H2,1-3H3,(H,34,35,37);1H,4H2,2H3/q+1;/b6-5+,36-4-;. The number of aromatic nitrogens is 2. The number of allylic oxidation sites excluding steroid dienone is 1. The molecule has 4 heterocycles. The van der Waals surface area contributed by atoms with Crippen molar-refractivity contribution in [3.8, 4) is 23.8 Å². The van der Waals surface area contributed by atoms with Gasteiger partial charge in [-0.3, -0.25) is 9.80 Å². The summed E-state index contributed by atoms with van der Waals surface area (Å²) in [7, 11) is 3.92. The lowest BCUT2D eigenvalue weighted by atomic mass is 10.1. The maximum Gasteiger partial charge on any atom is 0.248 e. The summed E-state index contributed by atoms with van der Waals surface area (Å²) in [5, 5.41) is 9.75. The summed E-state index contributed by atoms with van der Waals surface area (Å²) >= 11 is 0. The molecule has 0 atom stereocenters. The zero-order chi connectivity index (χ0) is 34.0. The number of ether oxygens (including phenoxy) is 2. The van der Waals surface area contributed by atoms with Crippen LogP contribution in [0.1, 0.15) is 20.3 Å². The number of carbonyl (C=O) groups excluding carboxylic acids is 1. The number of benzene rings is 2. The molecule has 0 saturated carbocycles. The topological polar surface area (TPSA) is 98.4 Å². The van der Waals surface area contributed by atoms with Gasteiger partial charge in [0.1, 0.15) is 36.0 Å². The van der Waals surface area contributed by atoms with Crippen molar-refractivity contribution in [3.05, 3.63) is 78.7 Å². The van der Waals surface area contributed by atoms with E-state index in [0.29, 0.717) is 73.3 Å². The Balaban J connectivity index is 0.00000107. The molecule has 11 nitrogen and oxygen atoms in total. The van der Waals surface area contributed by atoms with E-state index >= 15 is 4.39 Å². The molecule has 0 spiro atoms. The first-order valence-electron chi connectivity index (χ1n) is 15.8. The van der Waals surface area contributed by atoms with Crippen molar-refractivity contribution < 1.29 is 23.2 Å². The van der Waals surface area contributed by atoms with Gasteiger partial charge in [-0.05, 0) is 51.4 Å². The summed E-state index contributed by atoms with van der Waals surface area (Å²) in [5.41, 5.74) is 2.78. The number of anilines is 2. The first-order chi connectivity index (χ1) is 23.3. The zero-order valence-corrected chi connectivity index (χ0v) is 27.7. The van der Waals surface area contributed by atoms with Gasteiger partial charge in [0.25, 0.3) is 0 Å². The molecule has 3 aliphatic heterocycles. The van der Waals surface area contributed by atoms with Gasteiger partial charge < -0.3 is 24.6 Å². The van der Waals surface area contributed by atoms with Crippen LogP contribution in [-0.2, 0) is 4.79 Å². The molecular formula is C36H40FN8O3+. The Morgan fingerprint density at radius 3 is 2.83 bits per heavy atom. The molecule has 48 heavy (non-hydrogen) atoms. The van der Waals surface area contributed by atoms with E-state index < -0.39 is 5.82 Å². The SMILES string of the molecule is C#CCC.C/C=N\N1C=CC(Oc2ccc(Nc3ncnc4ccc5c(c34)OCC3=[N+]5CCN(C(=O)/C=C/CN(C)C)C3)c(F)c2)=CC1. The largest absolute Gasteiger partial charge is 0.475 e. The summed E-state index contributed by atoms with van der Waals surface area (Å²) in [4.78, 5) is 25.5. The molecule has 248 valence electrons. The highest BCUT2D eigenvalue weighted by Crippen LogP contribution is 2.41. The van der Waals surface area contributed by atoms with E-state index in [1.807, 2.05) is 62.0 Å². The number of halogens is 1. The van der Waals surface area contributed by atoms with E-state index in [1.165, 1.54) is 12.4 Å². The third kappa shape index (κ3) is 8.05. The maximum absolute atomic E-state index is 15.3. The second-order valence-electron chi connectivity index (χ2n) is 11.3. The van der Waals surface area contributed by atoms with Crippen molar-refractivity contribution >= 4 is 45.9 Å². The number of nitrogens with one attached hydrogen (secondary N) is 1. The number of fused-ring (bicyclic) bond motifs is 4. The number of hydrogen-bond acceptors (Lipinski definition) is 9. The summed E-state index contributed by atoms with van der Waals surface area (Å²) in [5.74, 6) is 3.96. The summed E-state index contributed by atoms with van der Waals surface area (Å²) in [6, 6.07) is 8.52. The summed E-state index contributed by atoms with van der Waals surface area (Å²) < 4.78 is 29.6. The van der Waals surface area contributed by atoms with Crippen LogP contribution in [0.2, 0.25) is 0 Å². The zero-order valence-electron chi connectivity index (χ0n) is 27.7. The van der Waals surface area contributed by atoms with Crippen LogP contribution >= 0.6 is 0 Å². The Morgan fingerprint density at radius 2 is 2.12 bits per heavy atom. The lowest BCUT2D eigenvalue weighted by Crippen LogP contribution is -2.48. The van der Waals surface area contributed by atoms with Gasteiger partial charge in [-0.2, -0.15) is 9.68 Å². The summed E-state index contributed by atoms with van der Waals surface area (Å²) in [6.45, 7) is 7.08. The van der Waals surface area contributed by atoms with E-state index in [2.05, 4.69) is 30.9 Å². The molecule has 0 unspecified atom stereocenters. The number of hydrazone groups is 1. The molecule has 6 rings (SSSR count). The number of rotatable bonds is 8. The fraction of sp³-hybridized carbons (Fsp3) is 0.306. The summed E-state index contributed by atoms with van der Waals surface area (Å²) in [6.07, 6.45) is 17.7. The quantitative estimate of drug-likeness (QED) is 0.156. The van der Waals surface area contributed by atoms with Gasteiger partial charge in [0.05, 0.1) is 29.7 Å². The van der Waals surface area contributed by atoms with E-state index in [0.717, 1.165) is 17.8 Å². The average molecular weight is 652 g/mol. The number of hydrogen-bond donors (Lipinski definition) is 1. The van der Waals surface area contributed by atoms with Gasteiger partial charge in [0, 0.05) is 43.6 Å². The van der Waals surface area contributed by atoms with Gasteiger partial charge in [-0.1, -0.05) is 13.0 Å². The van der Waals surface area contributed by atoms with Gasteiger partial charge in [-0.25, -0.2) is 14.4 Å². The van der Waals surface area contributed by atoms with Crippen LogP contribution < -0.4 is 14.8 Å². The van der Waals surface area contributed by atoms with Crippen LogP contribution in [0.3, 0.4) is 0 Å². The minimum absolute atomic E-state index is 0.0121. The monoisotopic (exact) mass is 651 g/mol. The normalized spacial score (nSPS) is 15.5. The molecule has 1 amide bonds. The Labute approximate surface area is 280 Å². The fourth-order valence-electron chi connectivity index (χ4n) is 5.26. The van der Waals surface area contributed by atoms with Crippen LogP contribution in [0.4, 0.5) is 21.6 Å². The highest BCUT2D eigenvalue weighted by Gasteiger charge is 2.36. The number of terminal acetylenes is 1. The van der Waals surface area contributed by atoms with E-state index in [1.54, 1.807) is 41.7 Å². The van der Waals surface area contributed by atoms with Crippen LogP contribution in [0.25, 0.3) is 10.9 Å². The van der Waals surface area contributed by atoms with Crippen LogP contribution in [-0.4, -0.2) is 101 Å². The molecule has 1 aromatic heterocycles. The maximum atomic E-state index is 15.3. The Bertz CT molecular complexity index is 1860. The van der Waals surface area contributed by atoms with Crippen molar-refractivity contribution in [1.29, 1.82) is 0 Å². The third-order valence-electron chi connectivity index (χ3n) is 7.59. The predicted octanol–water partition coefficient (Wildman–Crippen LogP) is 5.08. The van der Waals surface area contributed by atoms with Crippen molar-refractivity contribution in [3.63, 3.8) is 0 Å². The molecule has 3 aliphatic rings. The highest BCUT2D eigenvalue weighted by molar-refractivity contribution is 6.01. The molecule has 0 aliphatic carbocycles. The van der Waals surface area contributed by atoms with Crippen LogP contribution in [0, 0.1) is 18.2 Å². The first-order valence-corrected chi connectivity index (χ1v) is 15.8. The Morgan fingerprint density at radius 1 is 1.29 bits per heavy atom. The molecule has 12 heteroatoms. The molecule has 0 radical (unpaired) electrons. The van der Waals surface area contributed by atoms with Gasteiger partial charge in [0.2, 0.25) is 23.1 Å². The van der Waals surface area contributed by atoms with E-state index in [-0.39, 0.29) is 11.6 Å². The van der Waals surface area contributed by atoms with Crippen LogP contribution in [0.5, 0.6) is 11.5 Å². The second-order valence-corrected chi connectivity index (χ2v) is 11.3. The average Bonchev–Trinajstić information content (AvgIpc) is 3.09. The van der Waals surface area contributed by atoms with Crippen molar-refractivity contribution in [2.45, 2.75) is 20.3 Å². The number of likely N-dealkylation sites (N-methyl/N-ethyl adjacent to an activating group) is 1. The van der Waals surface area contributed by atoms with Crippen molar-refractivity contribution in [2.75, 3.05) is 58.7 Å². The Kier molecular flexibility index (Phi) is 11.2. The predicted molar refractivity (Wildman–Crippen MR) is 187 cm³/mol. The molecule has 1 N–H and O–H groups in total. The number of nitrogens with zero attached hydrogens (tertiary/aromatic N) is 7. The third-order valence-corrected chi connectivity index (χ3v) is 7.59. The minimum atomic E-state index is -0.492. The molecular weight excluding hydrogens is 611 g/mol. The van der Waals surface area contributed by atoms with Gasteiger partial charge in [0.15, 0.2) is 13.2 Å². The fourth-order valence-corrected chi connectivity index (χ4v) is 5.26. The number of carbonyl (C=O) groups is 1. The highest BCUT2D eigenvalue weighted by atomic mass is 19.1. The second kappa shape index (κ2) is 15.8. The Hall–Kier alpha value is -5.54. The molecule has 2 aromatic carbocycles. The van der Waals surface area contributed by atoms with Crippen molar-refractivity contribution in [2.24, 2.45) is 5.10 Å². The van der Waals surface area contributed by atoms with Crippen molar-refractivity contribution in [1.82, 2.24) is 24.8 Å². The first kappa shape index (κ1) is 33.8. The minimum Gasteiger partial charge on any atom is -0.475 e. The molecule has 3 aromatic rings. The number of amides is 1. The van der Waals surface area contributed by atoms with Crippen LogP contribution in [0.15, 0.2) is 78.0 Å². The lowest BCUT2D eigenvalue weighted by Gasteiger charge is -2.29. The molecule has 0 saturated heterocycles. The smallest absolute Gasteiger partial charge is 0.248 e. The lowest BCUT2D eigenvalue weighted by molar-refractivity contribution is -0.453. The molecule has 0 bridgehead atoms. The molecule has 0 fully saturated rings. The van der Waals surface area contributed by atoms with Gasteiger partial charge in [-0.15, -0.1) is 12.3 Å². The van der Waals surface area contributed by atoms with E-state index in [4.69, 9.17) is 15.9 Å². The van der Waals surface area contributed by atoms with E-state index in [9.17, 15) is 4.79 Å². The van der Waals surface area contributed by atoms with Gasteiger partial charge >= 0.3 is 0 Å².